The molecule has 1 aromatic carbocycles. The highest BCUT2D eigenvalue weighted by molar-refractivity contribution is 6.30. The van der Waals surface area contributed by atoms with Gasteiger partial charge in [-0.05, 0) is 44.5 Å². The highest BCUT2D eigenvalue weighted by atomic mass is 35.5. The lowest BCUT2D eigenvalue weighted by Gasteiger charge is -2.29. The van der Waals surface area contributed by atoms with Gasteiger partial charge in [-0.1, -0.05) is 43.0 Å². The zero-order valence-corrected chi connectivity index (χ0v) is 13.5. The molecular weight excluding hydrogens is 268 g/mol. The number of nitrogens with one attached hydrogen (secondary N) is 1. The number of rotatable bonds is 6. The predicted molar refractivity (Wildman–Crippen MR) is 87.3 cm³/mol. The van der Waals surface area contributed by atoms with Crippen molar-refractivity contribution >= 4 is 11.6 Å². The van der Waals surface area contributed by atoms with Crippen LogP contribution < -0.4 is 5.32 Å². The second-order valence-electron chi connectivity index (χ2n) is 6.14. The van der Waals surface area contributed by atoms with Gasteiger partial charge >= 0.3 is 0 Å². The molecule has 0 spiro atoms. The first-order valence-electron chi connectivity index (χ1n) is 7.83. The molecule has 112 valence electrons. The summed E-state index contributed by atoms with van der Waals surface area (Å²) in [7, 11) is 2.19. The van der Waals surface area contributed by atoms with Gasteiger partial charge in [0.15, 0.2) is 0 Å². The van der Waals surface area contributed by atoms with Crippen LogP contribution in [0, 0.1) is 0 Å². The predicted octanol–water partition coefficient (Wildman–Crippen LogP) is 4.08. The Bertz CT molecular complexity index is 402. The molecular formula is C17H27ClN2. The smallest absolute Gasteiger partial charge is 0.0409 e. The van der Waals surface area contributed by atoms with Crippen LogP contribution in [-0.4, -0.2) is 30.6 Å². The topological polar surface area (TPSA) is 15.3 Å². The summed E-state index contributed by atoms with van der Waals surface area (Å²) >= 11 is 6.04. The van der Waals surface area contributed by atoms with Crippen LogP contribution in [-0.2, 0) is 6.54 Å². The van der Waals surface area contributed by atoms with E-state index in [9.17, 15) is 0 Å². The average Bonchev–Trinajstić information content (AvgIpc) is 2.46. The van der Waals surface area contributed by atoms with Crippen LogP contribution in [0.1, 0.15) is 44.6 Å². The van der Waals surface area contributed by atoms with E-state index in [-0.39, 0.29) is 0 Å². The third-order valence-corrected chi connectivity index (χ3v) is 4.62. The van der Waals surface area contributed by atoms with Crippen LogP contribution in [0.15, 0.2) is 24.3 Å². The van der Waals surface area contributed by atoms with E-state index in [2.05, 4.69) is 36.3 Å². The molecule has 0 aliphatic heterocycles. The normalized spacial score (nSPS) is 18.4. The van der Waals surface area contributed by atoms with Crippen molar-refractivity contribution in [2.24, 2.45) is 0 Å². The van der Waals surface area contributed by atoms with E-state index in [4.69, 9.17) is 11.6 Å². The molecule has 1 aromatic rings. The van der Waals surface area contributed by atoms with Crippen molar-refractivity contribution in [2.75, 3.05) is 13.6 Å². The lowest BCUT2D eigenvalue weighted by molar-refractivity contribution is 0.230. The minimum atomic E-state index is 0.538. The number of halogens is 1. The molecule has 0 amide bonds. The van der Waals surface area contributed by atoms with Crippen LogP contribution in [0.4, 0.5) is 0 Å². The van der Waals surface area contributed by atoms with E-state index in [1.165, 1.54) is 37.7 Å². The van der Waals surface area contributed by atoms with E-state index < -0.39 is 0 Å². The van der Waals surface area contributed by atoms with Gasteiger partial charge in [0.25, 0.3) is 0 Å². The Labute approximate surface area is 128 Å². The van der Waals surface area contributed by atoms with Crippen molar-refractivity contribution in [2.45, 2.75) is 57.7 Å². The molecule has 1 atom stereocenters. The van der Waals surface area contributed by atoms with Gasteiger partial charge < -0.3 is 5.32 Å². The van der Waals surface area contributed by atoms with Crippen molar-refractivity contribution < 1.29 is 0 Å². The van der Waals surface area contributed by atoms with Crippen molar-refractivity contribution in [1.29, 1.82) is 0 Å². The maximum atomic E-state index is 6.04. The first-order chi connectivity index (χ1) is 9.65. The molecule has 2 nitrogen and oxygen atoms in total. The van der Waals surface area contributed by atoms with Crippen LogP contribution in [0.5, 0.6) is 0 Å². The molecule has 0 saturated heterocycles. The number of benzene rings is 1. The molecule has 20 heavy (non-hydrogen) atoms. The highest BCUT2D eigenvalue weighted by Crippen LogP contribution is 2.17. The molecule has 2 rings (SSSR count). The van der Waals surface area contributed by atoms with Gasteiger partial charge in [-0.2, -0.15) is 0 Å². The van der Waals surface area contributed by atoms with Gasteiger partial charge in [0.05, 0.1) is 0 Å². The molecule has 1 aliphatic carbocycles. The molecule has 1 N–H and O–H groups in total. The fraction of sp³-hybridized carbons (Fsp3) is 0.647. The van der Waals surface area contributed by atoms with Gasteiger partial charge in [-0.25, -0.2) is 0 Å². The largest absolute Gasteiger partial charge is 0.312 e. The molecule has 1 fully saturated rings. The fourth-order valence-corrected chi connectivity index (χ4v) is 3.09. The van der Waals surface area contributed by atoms with Gasteiger partial charge in [-0.15, -0.1) is 0 Å². The molecule has 1 unspecified atom stereocenters. The Morgan fingerprint density at radius 2 is 2.05 bits per heavy atom. The van der Waals surface area contributed by atoms with E-state index in [0.717, 1.165) is 24.2 Å². The number of hydrogen-bond donors (Lipinski definition) is 1. The summed E-state index contributed by atoms with van der Waals surface area (Å²) < 4.78 is 0. The van der Waals surface area contributed by atoms with Crippen LogP contribution in [0.2, 0.25) is 5.02 Å². The first-order valence-corrected chi connectivity index (χ1v) is 8.21. The van der Waals surface area contributed by atoms with E-state index >= 15 is 0 Å². The molecule has 0 heterocycles. The monoisotopic (exact) mass is 294 g/mol. The first kappa shape index (κ1) is 15.8. The van der Waals surface area contributed by atoms with Gasteiger partial charge in [0, 0.05) is 30.2 Å². The summed E-state index contributed by atoms with van der Waals surface area (Å²) in [4.78, 5) is 2.39. The molecule has 1 saturated carbocycles. The zero-order valence-electron chi connectivity index (χ0n) is 12.7. The second kappa shape index (κ2) is 8.02. The van der Waals surface area contributed by atoms with Crippen LogP contribution >= 0.6 is 11.6 Å². The lowest BCUT2D eigenvalue weighted by atomic mass is 9.95. The minimum absolute atomic E-state index is 0.538. The standard InChI is InChI=1S/C17H27ClN2/c1-14(12-19-17-9-4-3-5-10-17)20(2)13-15-7-6-8-16(18)11-15/h6-8,11,14,17,19H,3-5,9-10,12-13H2,1-2H3. The number of likely N-dealkylation sites (N-methyl/N-ethyl adjacent to an activating group) is 1. The second-order valence-corrected chi connectivity index (χ2v) is 6.57. The Morgan fingerprint density at radius 3 is 2.75 bits per heavy atom. The van der Waals surface area contributed by atoms with Crippen LogP contribution in [0.25, 0.3) is 0 Å². The maximum absolute atomic E-state index is 6.04. The summed E-state index contributed by atoms with van der Waals surface area (Å²) in [6.07, 6.45) is 6.91. The van der Waals surface area contributed by atoms with Crippen molar-refractivity contribution in [3.63, 3.8) is 0 Å². The quantitative estimate of drug-likeness (QED) is 0.850. The fourth-order valence-electron chi connectivity index (χ4n) is 2.88. The summed E-state index contributed by atoms with van der Waals surface area (Å²) in [5, 5.41) is 4.55. The zero-order chi connectivity index (χ0) is 14.4. The van der Waals surface area contributed by atoms with Gasteiger partial charge in [0.1, 0.15) is 0 Å². The van der Waals surface area contributed by atoms with Gasteiger partial charge in [0.2, 0.25) is 0 Å². The van der Waals surface area contributed by atoms with E-state index in [1.54, 1.807) is 0 Å². The van der Waals surface area contributed by atoms with Crippen molar-refractivity contribution in [3.8, 4) is 0 Å². The molecule has 3 heteroatoms. The molecule has 0 radical (unpaired) electrons. The van der Waals surface area contributed by atoms with E-state index in [1.807, 2.05) is 12.1 Å². The third-order valence-electron chi connectivity index (χ3n) is 4.38. The molecule has 0 bridgehead atoms. The highest BCUT2D eigenvalue weighted by Gasteiger charge is 2.15. The summed E-state index contributed by atoms with van der Waals surface area (Å²) in [5.41, 5.74) is 1.28. The summed E-state index contributed by atoms with van der Waals surface area (Å²) in [6, 6.07) is 9.43. The Balaban J connectivity index is 1.75. The SMILES string of the molecule is CC(CNC1CCCCC1)N(C)Cc1cccc(Cl)c1. The lowest BCUT2D eigenvalue weighted by Crippen LogP contribution is -2.42. The third kappa shape index (κ3) is 5.08. The van der Waals surface area contributed by atoms with E-state index in [0.29, 0.717) is 6.04 Å². The number of nitrogens with zero attached hydrogens (tertiary/aromatic N) is 1. The Hall–Kier alpha value is -0.570. The molecule has 0 aromatic heterocycles. The Kier molecular flexibility index (Phi) is 6.34. The number of hydrogen-bond acceptors (Lipinski definition) is 2. The van der Waals surface area contributed by atoms with Crippen LogP contribution in [0.3, 0.4) is 0 Å². The van der Waals surface area contributed by atoms with Gasteiger partial charge in [-0.3, -0.25) is 4.90 Å². The minimum Gasteiger partial charge on any atom is -0.312 e. The summed E-state index contributed by atoms with van der Waals surface area (Å²) in [5.74, 6) is 0. The van der Waals surface area contributed by atoms with Crippen molar-refractivity contribution in [3.05, 3.63) is 34.9 Å². The Morgan fingerprint density at radius 1 is 1.30 bits per heavy atom. The summed E-state index contributed by atoms with van der Waals surface area (Å²) in [6.45, 7) is 4.32. The molecule has 1 aliphatic rings. The maximum Gasteiger partial charge on any atom is 0.0409 e. The average molecular weight is 295 g/mol. The van der Waals surface area contributed by atoms with Crippen molar-refractivity contribution in [1.82, 2.24) is 10.2 Å².